The molecule has 0 amide bonds. The molecule has 12 unspecified atom stereocenters. The van der Waals surface area contributed by atoms with Gasteiger partial charge in [0.15, 0.2) is 0 Å². The van der Waals surface area contributed by atoms with Crippen LogP contribution in [0.25, 0.3) is 0 Å². The Bertz CT molecular complexity index is 815. The van der Waals surface area contributed by atoms with Crippen LogP contribution in [0.3, 0.4) is 0 Å². The molecule has 0 aromatic rings. The molecule has 0 aliphatic heterocycles. The van der Waals surface area contributed by atoms with E-state index in [2.05, 4.69) is 166 Å². The minimum absolute atomic E-state index is 0.441. The van der Waals surface area contributed by atoms with E-state index < -0.39 is 27.8 Å². The maximum absolute atomic E-state index is 8.91. The predicted molar refractivity (Wildman–Crippen MR) is 267 cm³/mol. The Morgan fingerprint density at radius 3 is 0.400 bits per heavy atom. The van der Waals surface area contributed by atoms with Crippen molar-refractivity contribution in [3.63, 3.8) is 0 Å². The summed E-state index contributed by atoms with van der Waals surface area (Å²) in [6.07, 6.45) is 13.5. The third kappa shape index (κ3) is 8.07. The van der Waals surface area contributed by atoms with Crippen LogP contribution in [0.1, 0.15) is 243 Å². The molecule has 0 rings (SSSR count). The zero-order valence-electron chi connectivity index (χ0n) is 42.6. The van der Waals surface area contributed by atoms with Gasteiger partial charge in [0.05, 0.1) is 0 Å². The van der Waals surface area contributed by atoms with Gasteiger partial charge < -0.3 is 0 Å². The molecule has 0 aliphatic rings. The van der Waals surface area contributed by atoms with Crippen molar-refractivity contribution in [2.75, 3.05) is 0 Å². The molecule has 0 heterocycles. The van der Waals surface area contributed by atoms with Crippen molar-refractivity contribution >= 4 is 27.8 Å². The fourth-order valence-corrected chi connectivity index (χ4v) is 43.6. The first-order valence-corrected chi connectivity index (χ1v) is 32.0. The first-order valence-electron chi connectivity index (χ1n) is 24.7. The summed E-state index contributed by atoms with van der Waals surface area (Å²) in [5.74, 6) is 0. The normalized spacial score (nSPS) is 22.1. The van der Waals surface area contributed by atoms with E-state index in [1.807, 2.05) is 0 Å². The zero-order valence-corrected chi connectivity index (χ0v) is 45.2. The molecule has 7 heteroatoms. The second-order valence-corrected chi connectivity index (χ2v) is 38.7. The van der Waals surface area contributed by atoms with E-state index in [9.17, 15) is 0 Å². The van der Waals surface area contributed by atoms with Gasteiger partial charge >= 0.3 is 352 Å². The third-order valence-electron chi connectivity index (χ3n) is 19.4. The van der Waals surface area contributed by atoms with Crippen molar-refractivity contribution in [2.45, 2.75) is 311 Å². The minimum atomic E-state index is -3.20. The molecule has 0 radical (unpaired) electrons. The number of hydrogen-bond donors (Lipinski definition) is 0. The molecule has 0 aliphatic carbocycles. The van der Waals surface area contributed by atoms with Gasteiger partial charge in [-0.25, -0.2) is 0 Å². The van der Waals surface area contributed by atoms with Crippen molar-refractivity contribution in [1.82, 2.24) is 0 Å². The molecular formula is C48H108BO3P3. The molecule has 0 saturated carbocycles. The van der Waals surface area contributed by atoms with Crippen LogP contribution in [-0.2, 0) is 13.3 Å². The van der Waals surface area contributed by atoms with Gasteiger partial charge in [0.25, 0.3) is 0 Å². The number of rotatable bonds is 30. The van der Waals surface area contributed by atoms with E-state index in [4.69, 9.17) is 13.3 Å². The van der Waals surface area contributed by atoms with Gasteiger partial charge in [-0.3, -0.25) is 0 Å². The Morgan fingerprint density at radius 1 is 0.236 bits per heavy atom. The van der Waals surface area contributed by atoms with E-state index in [0.29, 0.717) is 67.9 Å². The fourth-order valence-electron chi connectivity index (χ4n) is 14.4. The molecule has 0 aromatic heterocycles. The second-order valence-electron chi connectivity index (χ2n) is 19.6. The van der Waals surface area contributed by atoms with Gasteiger partial charge in [-0.1, -0.05) is 0 Å². The second kappa shape index (κ2) is 22.4. The van der Waals surface area contributed by atoms with Crippen LogP contribution in [0, 0.1) is 0 Å². The van der Waals surface area contributed by atoms with Crippen molar-refractivity contribution in [1.29, 1.82) is 0 Å². The molecular weight excluding hydrogens is 728 g/mol. The quantitative estimate of drug-likeness (QED) is 0.0533. The monoisotopic (exact) mass is 837 g/mol. The Kier molecular flexibility index (Phi) is 22.9. The van der Waals surface area contributed by atoms with Gasteiger partial charge in [0.2, 0.25) is 0 Å². The maximum atomic E-state index is 8.91. The molecule has 0 spiro atoms. The topological polar surface area (TPSA) is 27.7 Å². The zero-order chi connectivity index (χ0) is 43.5. The molecule has 0 fully saturated rings. The molecule has 0 saturated heterocycles. The van der Waals surface area contributed by atoms with Gasteiger partial charge in [0, 0.05) is 0 Å². The molecule has 0 aromatic carbocycles. The van der Waals surface area contributed by atoms with Crippen molar-refractivity contribution in [3.05, 3.63) is 0 Å². The first kappa shape index (κ1) is 56.2. The average molecular weight is 837 g/mol. The van der Waals surface area contributed by atoms with E-state index in [0.717, 1.165) is 77.0 Å². The van der Waals surface area contributed by atoms with Gasteiger partial charge in [-0.2, -0.15) is 0 Å². The van der Waals surface area contributed by atoms with Gasteiger partial charge in [-0.05, 0) is 0 Å². The van der Waals surface area contributed by atoms with Crippen LogP contribution in [0.4, 0.5) is 0 Å². The summed E-state index contributed by atoms with van der Waals surface area (Å²) in [6, 6.07) is 0. The SMILES string of the molecule is CCC(C)P(OB(OP(C(C)CC)(C(C)CC)(C(C)CC)C(C)CC)OP(C(C)CC)(C(C)CC)(C(C)CC)C(C)CC)(C(C)CC)(C(C)CC)C(C)CC. The number of hydrogen-bond acceptors (Lipinski definition) is 3. The van der Waals surface area contributed by atoms with E-state index in [1.165, 1.54) is 0 Å². The van der Waals surface area contributed by atoms with Gasteiger partial charge in [-0.15, -0.1) is 0 Å². The van der Waals surface area contributed by atoms with Crippen molar-refractivity contribution in [3.8, 4) is 0 Å². The summed E-state index contributed by atoms with van der Waals surface area (Å²) < 4.78 is 26.7. The van der Waals surface area contributed by atoms with Crippen LogP contribution in [0.15, 0.2) is 0 Å². The van der Waals surface area contributed by atoms with Crippen LogP contribution in [-0.4, -0.2) is 75.2 Å². The van der Waals surface area contributed by atoms with Crippen molar-refractivity contribution in [2.24, 2.45) is 0 Å². The van der Waals surface area contributed by atoms with Crippen LogP contribution >= 0.6 is 20.5 Å². The van der Waals surface area contributed by atoms with E-state index in [-0.39, 0.29) is 0 Å². The van der Waals surface area contributed by atoms with Crippen molar-refractivity contribution < 1.29 is 13.3 Å². The summed E-state index contributed by atoms with van der Waals surface area (Å²) in [7, 11) is -0.684. The Balaban J connectivity index is 9.85. The molecule has 3 nitrogen and oxygen atoms in total. The van der Waals surface area contributed by atoms with E-state index >= 15 is 0 Å². The van der Waals surface area contributed by atoms with Crippen LogP contribution < -0.4 is 0 Å². The van der Waals surface area contributed by atoms with Crippen LogP contribution in [0.2, 0.25) is 0 Å². The Hall–Kier alpha value is 1.23. The summed E-state index contributed by atoms with van der Waals surface area (Å²) >= 11 is 0. The van der Waals surface area contributed by atoms with Gasteiger partial charge in [0.1, 0.15) is 0 Å². The predicted octanol–water partition coefficient (Wildman–Crippen LogP) is 18.0. The summed E-state index contributed by atoms with van der Waals surface area (Å²) in [5.41, 5.74) is 5.29. The average Bonchev–Trinajstić information content (AvgIpc) is 3.22. The molecule has 336 valence electrons. The Labute approximate surface area is 350 Å². The molecule has 12 atom stereocenters. The fraction of sp³-hybridized carbons (Fsp3) is 1.00. The standard InChI is InChI=1S/C48H108BO3P3/c1-25-37(13)53(38(14)26-2,39(15)27-3,40(16)28-4)50-49(51-54(41(17)29-5,42(18)30-6,43(19)31-7)44(20)32-8)52-55(45(21)33-9,46(22)34-10,47(23)35-11)48(24)36-12/h37-48H,25-36H2,1-24H3. The molecule has 55 heavy (non-hydrogen) atoms. The summed E-state index contributed by atoms with van der Waals surface area (Å²) in [5, 5.41) is 0. The molecule has 0 N–H and O–H groups in total. The van der Waals surface area contributed by atoms with Crippen LogP contribution in [0.5, 0.6) is 0 Å². The summed E-state index contributed by atoms with van der Waals surface area (Å²) in [6.45, 7) is 51.0. The first-order chi connectivity index (χ1) is 25.6. The Morgan fingerprint density at radius 2 is 0.327 bits per heavy atom. The summed E-state index contributed by atoms with van der Waals surface area (Å²) in [4.78, 5) is 0. The molecule has 0 bridgehead atoms. The van der Waals surface area contributed by atoms with E-state index in [1.54, 1.807) is 0 Å². The third-order valence-corrected chi connectivity index (χ3v) is 48.4.